The number of amides is 2. The molecule has 0 saturated heterocycles. The molecule has 0 unspecified atom stereocenters. The molecular formula is C14H12N4OS. The second-order valence-corrected chi connectivity index (χ2v) is 5.27. The molecule has 0 aliphatic rings. The van der Waals surface area contributed by atoms with E-state index in [1.807, 2.05) is 31.2 Å². The minimum Gasteiger partial charge on any atom is -0.292 e. The molecule has 2 aromatic heterocycles. The van der Waals surface area contributed by atoms with E-state index in [0.29, 0.717) is 10.9 Å². The van der Waals surface area contributed by atoms with Crippen molar-refractivity contribution >= 4 is 38.5 Å². The van der Waals surface area contributed by atoms with E-state index in [1.54, 1.807) is 18.3 Å². The number of aryl methyl sites for hydroxylation is 1. The summed E-state index contributed by atoms with van der Waals surface area (Å²) in [6.07, 6.45) is 1.62. The highest BCUT2D eigenvalue weighted by atomic mass is 32.1. The van der Waals surface area contributed by atoms with Gasteiger partial charge in [0, 0.05) is 6.20 Å². The minimum atomic E-state index is -0.347. The molecule has 0 atom stereocenters. The Morgan fingerprint density at radius 2 is 2.05 bits per heavy atom. The largest absolute Gasteiger partial charge is 0.326 e. The van der Waals surface area contributed by atoms with E-state index >= 15 is 0 Å². The van der Waals surface area contributed by atoms with E-state index in [4.69, 9.17) is 0 Å². The Balaban J connectivity index is 1.76. The zero-order chi connectivity index (χ0) is 13.9. The van der Waals surface area contributed by atoms with Crippen molar-refractivity contribution < 1.29 is 4.79 Å². The van der Waals surface area contributed by atoms with Crippen LogP contribution in [-0.4, -0.2) is 16.0 Å². The summed E-state index contributed by atoms with van der Waals surface area (Å²) in [7, 11) is 0. The second kappa shape index (κ2) is 5.26. The maximum absolute atomic E-state index is 11.8. The topological polar surface area (TPSA) is 66.9 Å². The number of hydrogen-bond acceptors (Lipinski definition) is 4. The molecule has 2 N–H and O–H groups in total. The molecule has 0 radical (unpaired) electrons. The average molecular weight is 284 g/mol. The summed E-state index contributed by atoms with van der Waals surface area (Å²) in [5.74, 6) is 0.502. The van der Waals surface area contributed by atoms with E-state index in [1.165, 1.54) is 11.3 Å². The van der Waals surface area contributed by atoms with Gasteiger partial charge in [-0.15, -0.1) is 0 Å². The first kappa shape index (κ1) is 12.6. The number of thiazole rings is 1. The summed E-state index contributed by atoms with van der Waals surface area (Å²) in [4.78, 5) is 20.3. The summed E-state index contributed by atoms with van der Waals surface area (Å²) >= 11 is 1.45. The van der Waals surface area contributed by atoms with Crippen molar-refractivity contribution in [1.82, 2.24) is 9.97 Å². The van der Waals surface area contributed by atoms with E-state index < -0.39 is 0 Å². The Bertz CT molecular complexity index is 754. The molecule has 3 aromatic rings. The molecule has 0 fully saturated rings. The zero-order valence-electron chi connectivity index (χ0n) is 10.8. The lowest BCUT2D eigenvalue weighted by molar-refractivity contribution is 0.262. The van der Waals surface area contributed by atoms with Crippen LogP contribution >= 0.6 is 11.3 Å². The number of benzene rings is 1. The number of rotatable bonds is 2. The normalized spacial score (nSPS) is 10.4. The first-order valence-electron chi connectivity index (χ1n) is 6.07. The molecule has 0 spiro atoms. The van der Waals surface area contributed by atoms with E-state index in [-0.39, 0.29) is 6.03 Å². The Labute approximate surface area is 119 Å². The quantitative estimate of drug-likeness (QED) is 0.755. The van der Waals surface area contributed by atoms with Gasteiger partial charge in [-0.2, -0.15) is 0 Å². The lowest BCUT2D eigenvalue weighted by atomic mass is 10.2. The van der Waals surface area contributed by atoms with Crippen LogP contribution in [0.4, 0.5) is 15.7 Å². The summed E-state index contributed by atoms with van der Waals surface area (Å²) in [6, 6.07) is 10.9. The third-order valence-corrected chi connectivity index (χ3v) is 3.68. The molecule has 1 aromatic carbocycles. The van der Waals surface area contributed by atoms with Crippen molar-refractivity contribution in [3.63, 3.8) is 0 Å². The van der Waals surface area contributed by atoms with Crippen LogP contribution in [0.15, 0.2) is 42.6 Å². The number of aromatic nitrogens is 2. The first-order chi connectivity index (χ1) is 9.72. The number of fused-ring (bicyclic) bond motifs is 1. The van der Waals surface area contributed by atoms with Gasteiger partial charge in [0.05, 0.1) is 10.2 Å². The van der Waals surface area contributed by atoms with E-state index in [2.05, 4.69) is 20.6 Å². The van der Waals surface area contributed by atoms with Gasteiger partial charge >= 0.3 is 6.03 Å². The predicted molar refractivity (Wildman–Crippen MR) is 81.2 cm³/mol. The van der Waals surface area contributed by atoms with Crippen LogP contribution in [0.5, 0.6) is 0 Å². The number of para-hydroxylation sites is 1. The van der Waals surface area contributed by atoms with Crippen LogP contribution in [0.25, 0.3) is 10.2 Å². The van der Waals surface area contributed by atoms with Crippen molar-refractivity contribution in [3.8, 4) is 0 Å². The van der Waals surface area contributed by atoms with Crippen molar-refractivity contribution in [2.75, 3.05) is 10.6 Å². The number of nitrogens with one attached hydrogen (secondary N) is 2. The number of pyridine rings is 1. The van der Waals surface area contributed by atoms with Crippen molar-refractivity contribution in [1.29, 1.82) is 0 Å². The smallest absolute Gasteiger partial charge is 0.292 e. The molecule has 2 heterocycles. The van der Waals surface area contributed by atoms with Gasteiger partial charge in [-0.25, -0.2) is 14.8 Å². The number of anilines is 2. The summed E-state index contributed by atoms with van der Waals surface area (Å²) in [5.41, 5.74) is 2.02. The fraction of sp³-hybridized carbons (Fsp3) is 0.0714. The van der Waals surface area contributed by atoms with Gasteiger partial charge in [0.25, 0.3) is 0 Å². The number of hydrogen-bond donors (Lipinski definition) is 2. The third-order valence-electron chi connectivity index (χ3n) is 2.75. The van der Waals surface area contributed by atoms with Gasteiger partial charge in [-0.05, 0) is 30.7 Å². The van der Waals surface area contributed by atoms with E-state index in [9.17, 15) is 4.79 Å². The first-order valence-corrected chi connectivity index (χ1v) is 6.89. The molecular weight excluding hydrogens is 272 g/mol. The molecule has 6 heteroatoms. The molecule has 100 valence electrons. The van der Waals surface area contributed by atoms with E-state index in [0.717, 1.165) is 15.8 Å². The molecule has 0 saturated carbocycles. The number of carbonyl (C=O) groups excluding carboxylic acids is 1. The highest BCUT2D eigenvalue weighted by Gasteiger charge is 2.09. The van der Waals surface area contributed by atoms with Gasteiger partial charge in [0.2, 0.25) is 0 Å². The van der Waals surface area contributed by atoms with Gasteiger partial charge < -0.3 is 0 Å². The summed E-state index contributed by atoms with van der Waals surface area (Å²) < 4.78 is 1.05. The second-order valence-electron chi connectivity index (χ2n) is 4.23. The van der Waals surface area contributed by atoms with Crippen LogP contribution < -0.4 is 10.6 Å². The van der Waals surface area contributed by atoms with Crippen LogP contribution in [0.1, 0.15) is 5.56 Å². The van der Waals surface area contributed by atoms with Gasteiger partial charge in [-0.1, -0.05) is 29.5 Å². The SMILES string of the molecule is Cc1cccc2sc(NC(=O)Nc3ccccn3)nc12. The fourth-order valence-electron chi connectivity index (χ4n) is 1.82. The number of urea groups is 1. The Morgan fingerprint density at radius 3 is 2.80 bits per heavy atom. The maximum Gasteiger partial charge on any atom is 0.326 e. The van der Waals surface area contributed by atoms with Crippen LogP contribution in [0.2, 0.25) is 0 Å². The fourth-order valence-corrected chi connectivity index (χ4v) is 2.76. The van der Waals surface area contributed by atoms with Crippen molar-refractivity contribution in [2.24, 2.45) is 0 Å². The minimum absolute atomic E-state index is 0.347. The van der Waals surface area contributed by atoms with Gasteiger partial charge in [0.15, 0.2) is 5.13 Å². The third kappa shape index (κ3) is 2.60. The van der Waals surface area contributed by atoms with Crippen LogP contribution in [0, 0.1) is 6.92 Å². The monoisotopic (exact) mass is 284 g/mol. The Hall–Kier alpha value is -2.47. The molecule has 5 nitrogen and oxygen atoms in total. The number of nitrogens with zero attached hydrogens (tertiary/aromatic N) is 2. The van der Waals surface area contributed by atoms with Gasteiger partial charge in [0.1, 0.15) is 5.82 Å². The highest BCUT2D eigenvalue weighted by molar-refractivity contribution is 7.22. The highest BCUT2D eigenvalue weighted by Crippen LogP contribution is 2.27. The molecule has 0 aliphatic carbocycles. The predicted octanol–water partition coefficient (Wildman–Crippen LogP) is 3.64. The Morgan fingerprint density at radius 1 is 1.15 bits per heavy atom. The lowest BCUT2D eigenvalue weighted by Gasteiger charge is -2.03. The molecule has 3 rings (SSSR count). The standard InChI is InChI=1S/C14H12N4OS/c1-9-5-4-6-10-12(9)17-14(20-10)18-13(19)16-11-7-2-3-8-15-11/h2-8H,1H3,(H2,15,16,17,18,19). The molecule has 0 bridgehead atoms. The van der Waals surface area contributed by atoms with Crippen LogP contribution in [-0.2, 0) is 0 Å². The van der Waals surface area contributed by atoms with Crippen molar-refractivity contribution in [3.05, 3.63) is 48.2 Å². The zero-order valence-corrected chi connectivity index (χ0v) is 11.6. The maximum atomic E-state index is 11.8. The van der Waals surface area contributed by atoms with Gasteiger partial charge in [-0.3, -0.25) is 10.6 Å². The van der Waals surface area contributed by atoms with Crippen LogP contribution in [0.3, 0.4) is 0 Å². The summed E-state index contributed by atoms with van der Waals surface area (Å²) in [5, 5.41) is 5.95. The number of carbonyl (C=O) groups is 1. The lowest BCUT2D eigenvalue weighted by Crippen LogP contribution is -2.19. The van der Waals surface area contributed by atoms with Crippen molar-refractivity contribution in [2.45, 2.75) is 6.92 Å². The molecule has 0 aliphatic heterocycles. The summed E-state index contributed by atoms with van der Waals surface area (Å²) in [6.45, 7) is 2.00. The Kier molecular flexibility index (Phi) is 3.30. The molecule has 20 heavy (non-hydrogen) atoms. The average Bonchev–Trinajstić information content (AvgIpc) is 2.83. The molecule has 2 amide bonds.